The third-order valence-corrected chi connectivity index (χ3v) is 4.75. The van der Waals surface area contributed by atoms with E-state index in [9.17, 15) is 9.59 Å². The fourth-order valence-corrected chi connectivity index (χ4v) is 3.48. The summed E-state index contributed by atoms with van der Waals surface area (Å²) in [5, 5.41) is 3.75. The van der Waals surface area contributed by atoms with Gasteiger partial charge in [-0.3, -0.25) is 9.59 Å². The first-order valence-corrected chi connectivity index (χ1v) is 7.96. The Labute approximate surface area is 133 Å². The van der Waals surface area contributed by atoms with Crippen molar-refractivity contribution in [2.75, 3.05) is 19.6 Å². The minimum Gasteiger partial charge on any atom is -0.353 e. The smallest absolute Gasteiger partial charge is 0.254 e. The fraction of sp³-hybridized carbons (Fsp3) is 0.312. The molecule has 5 nitrogen and oxygen atoms in total. The van der Waals surface area contributed by atoms with Crippen LogP contribution in [0.4, 0.5) is 0 Å². The number of thiazole rings is 1. The van der Waals surface area contributed by atoms with Gasteiger partial charge in [-0.05, 0) is 31.5 Å². The zero-order chi connectivity index (χ0) is 15.7. The largest absolute Gasteiger partial charge is 0.353 e. The summed E-state index contributed by atoms with van der Waals surface area (Å²) in [6.07, 6.45) is 0. The third-order valence-electron chi connectivity index (χ3n) is 3.62. The van der Waals surface area contributed by atoms with Crippen molar-refractivity contribution in [3.63, 3.8) is 0 Å². The molecular weight excluding hydrogens is 298 g/mol. The molecule has 1 saturated heterocycles. The second kappa shape index (κ2) is 5.88. The van der Waals surface area contributed by atoms with Crippen LogP contribution in [0.1, 0.15) is 21.1 Å². The van der Waals surface area contributed by atoms with Gasteiger partial charge in [-0.15, -0.1) is 11.3 Å². The number of aryl methyl sites for hydroxylation is 2. The standard InChI is InChI=1S/C16H17N3O2S/c1-10-15(22-11(2)18-10)12-3-5-13(6-4-12)16(21)19-8-7-17-14(20)9-19/h3-6H,7-9H2,1-2H3,(H,17,20). The van der Waals surface area contributed by atoms with Crippen LogP contribution in [0.25, 0.3) is 10.4 Å². The monoisotopic (exact) mass is 315 g/mol. The van der Waals surface area contributed by atoms with E-state index >= 15 is 0 Å². The highest BCUT2D eigenvalue weighted by molar-refractivity contribution is 7.15. The zero-order valence-corrected chi connectivity index (χ0v) is 13.4. The summed E-state index contributed by atoms with van der Waals surface area (Å²) < 4.78 is 0. The van der Waals surface area contributed by atoms with Crippen LogP contribution in [0.2, 0.25) is 0 Å². The maximum atomic E-state index is 12.4. The number of benzene rings is 1. The molecule has 1 aliphatic rings. The predicted molar refractivity (Wildman–Crippen MR) is 85.9 cm³/mol. The molecule has 2 heterocycles. The van der Waals surface area contributed by atoms with Crippen molar-refractivity contribution < 1.29 is 9.59 Å². The highest BCUT2D eigenvalue weighted by Crippen LogP contribution is 2.29. The van der Waals surface area contributed by atoms with E-state index in [2.05, 4.69) is 10.3 Å². The molecule has 1 aromatic heterocycles. The maximum absolute atomic E-state index is 12.4. The SMILES string of the molecule is Cc1nc(C)c(-c2ccc(C(=O)N3CCNC(=O)C3)cc2)s1. The molecule has 0 saturated carbocycles. The molecule has 0 aliphatic carbocycles. The van der Waals surface area contributed by atoms with Gasteiger partial charge in [0.15, 0.2) is 0 Å². The number of aromatic nitrogens is 1. The van der Waals surface area contributed by atoms with Gasteiger partial charge in [0, 0.05) is 18.7 Å². The van der Waals surface area contributed by atoms with E-state index in [0.29, 0.717) is 18.7 Å². The average molecular weight is 315 g/mol. The third kappa shape index (κ3) is 2.87. The molecular formula is C16H17N3O2S. The van der Waals surface area contributed by atoms with Gasteiger partial charge < -0.3 is 10.2 Å². The van der Waals surface area contributed by atoms with Crippen molar-refractivity contribution in [3.05, 3.63) is 40.5 Å². The van der Waals surface area contributed by atoms with Gasteiger partial charge in [0.1, 0.15) is 0 Å². The Balaban J connectivity index is 1.80. The number of amides is 2. The van der Waals surface area contributed by atoms with Gasteiger partial charge in [0.25, 0.3) is 5.91 Å². The van der Waals surface area contributed by atoms with E-state index in [1.165, 1.54) is 0 Å². The normalized spacial score (nSPS) is 14.8. The highest BCUT2D eigenvalue weighted by atomic mass is 32.1. The lowest BCUT2D eigenvalue weighted by Crippen LogP contribution is -2.49. The molecule has 1 aromatic carbocycles. The van der Waals surface area contributed by atoms with Crippen LogP contribution in [0, 0.1) is 13.8 Å². The number of piperazine rings is 1. The molecule has 0 atom stereocenters. The molecule has 0 unspecified atom stereocenters. The first-order valence-electron chi connectivity index (χ1n) is 7.15. The summed E-state index contributed by atoms with van der Waals surface area (Å²) in [6, 6.07) is 7.52. The number of rotatable bonds is 2. The van der Waals surface area contributed by atoms with E-state index < -0.39 is 0 Å². The first kappa shape index (κ1) is 14.7. The maximum Gasteiger partial charge on any atom is 0.254 e. The summed E-state index contributed by atoms with van der Waals surface area (Å²) in [4.78, 5) is 30.9. The molecule has 0 radical (unpaired) electrons. The molecule has 1 fully saturated rings. The summed E-state index contributed by atoms with van der Waals surface area (Å²) in [5.41, 5.74) is 2.68. The van der Waals surface area contributed by atoms with Gasteiger partial charge in [-0.25, -0.2) is 4.98 Å². The minimum atomic E-state index is -0.105. The lowest BCUT2D eigenvalue weighted by Gasteiger charge is -2.26. The van der Waals surface area contributed by atoms with Gasteiger partial charge in [0.05, 0.1) is 22.1 Å². The predicted octanol–water partition coefficient (Wildman–Crippen LogP) is 2.00. The first-order chi connectivity index (χ1) is 10.5. The molecule has 1 N–H and O–H groups in total. The Morgan fingerprint density at radius 1 is 1.27 bits per heavy atom. The van der Waals surface area contributed by atoms with Crippen LogP contribution >= 0.6 is 11.3 Å². The van der Waals surface area contributed by atoms with Gasteiger partial charge >= 0.3 is 0 Å². The minimum absolute atomic E-state index is 0.0985. The quantitative estimate of drug-likeness (QED) is 0.922. The van der Waals surface area contributed by atoms with Crippen molar-refractivity contribution >= 4 is 23.2 Å². The lowest BCUT2D eigenvalue weighted by molar-refractivity contribution is -0.123. The molecule has 0 spiro atoms. The number of hydrogen-bond donors (Lipinski definition) is 1. The van der Waals surface area contributed by atoms with Crippen LogP contribution in [-0.4, -0.2) is 41.3 Å². The van der Waals surface area contributed by atoms with Crippen LogP contribution in [0.5, 0.6) is 0 Å². The Morgan fingerprint density at radius 2 is 2.00 bits per heavy atom. The molecule has 6 heteroatoms. The zero-order valence-electron chi connectivity index (χ0n) is 12.5. The summed E-state index contributed by atoms with van der Waals surface area (Å²) in [5.74, 6) is -0.203. The van der Waals surface area contributed by atoms with Gasteiger partial charge in [-0.1, -0.05) is 12.1 Å². The van der Waals surface area contributed by atoms with E-state index in [-0.39, 0.29) is 18.4 Å². The number of nitrogens with zero attached hydrogens (tertiary/aromatic N) is 2. The van der Waals surface area contributed by atoms with E-state index in [0.717, 1.165) is 21.1 Å². The number of nitrogens with one attached hydrogen (secondary N) is 1. The lowest BCUT2D eigenvalue weighted by atomic mass is 10.1. The van der Waals surface area contributed by atoms with Gasteiger partial charge in [0.2, 0.25) is 5.91 Å². The number of hydrogen-bond acceptors (Lipinski definition) is 4. The van der Waals surface area contributed by atoms with Crippen molar-refractivity contribution in [2.45, 2.75) is 13.8 Å². The van der Waals surface area contributed by atoms with Crippen molar-refractivity contribution in [1.82, 2.24) is 15.2 Å². The molecule has 2 amide bonds. The molecule has 2 aromatic rings. The van der Waals surface area contributed by atoms with Crippen molar-refractivity contribution in [3.8, 4) is 10.4 Å². The number of carbonyl (C=O) groups is 2. The van der Waals surface area contributed by atoms with Crippen LogP contribution in [-0.2, 0) is 4.79 Å². The summed E-state index contributed by atoms with van der Waals surface area (Å²) in [6.45, 7) is 5.18. The van der Waals surface area contributed by atoms with E-state index in [1.807, 2.05) is 38.1 Å². The Hall–Kier alpha value is -2.21. The Bertz CT molecular complexity index is 721. The molecule has 114 valence electrons. The molecule has 0 bridgehead atoms. The van der Waals surface area contributed by atoms with Crippen molar-refractivity contribution in [2.24, 2.45) is 0 Å². The molecule has 3 rings (SSSR count). The van der Waals surface area contributed by atoms with Crippen LogP contribution < -0.4 is 5.32 Å². The van der Waals surface area contributed by atoms with Crippen LogP contribution in [0.15, 0.2) is 24.3 Å². The number of carbonyl (C=O) groups excluding carboxylic acids is 2. The average Bonchev–Trinajstić information content (AvgIpc) is 2.85. The Kier molecular flexibility index (Phi) is 3.94. The highest BCUT2D eigenvalue weighted by Gasteiger charge is 2.22. The fourth-order valence-electron chi connectivity index (χ4n) is 2.56. The summed E-state index contributed by atoms with van der Waals surface area (Å²) >= 11 is 1.65. The Morgan fingerprint density at radius 3 is 2.59 bits per heavy atom. The molecule has 1 aliphatic heterocycles. The molecule has 22 heavy (non-hydrogen) atoms. The second-order valence-electron chi connectivity index (χ2n) is 5.30. The van der Waals surface area contributed by atoms with Gasteiger partial charge in [-0.2, -0.15) is 0 Å². The van der Waals surface area contributed by atoms with Crippen LogP contribution in [0.3, 0.4) is 0 Å². The summed E-state index contributed by atoms with van der Waals surface area (Å²) in [7, 11) is 0. The second-order valence-corrected chi connectivity index (χ2v) is 6.50. The van der Waals surface area contributed by atoms with E-state index in [4.69, 9.17) is 0 Å². The van der Waals surface area contributed by atoms with Crippen molar-refractivity contribution in [1.29, 1.82) is 0 Å². The van der Waals surface area contributed by atoms with E-state index in [1.54, 1.807) is 16.2 Å². The topological polar surface area (TPSA) is 62.3 Å².